The molecule has 0 spiro atoms. The molecule has 21 heavy (non-hydrogen) atoms. The van der Waals surface area contributed by atoms with Gasteiger partial charge in [0.2, 0.25) is 5.91 Å². The molecule has 0 aliphatic carbocycles. The highest BCUT2D eigenvalue weighted by Crippen LogP contribution is 2.16. The quantitative estimate of drug-likeness (QED) is 0.753. The Bertz CT molecular complexity index is 477. The van der Waals surface area contributed by atoms with Gasteiger partial charge in [0.15, 0.2) is 0 Å². The lowest BCUT2D eigenvalue weighted by molar-refractivity contribution is -0.128. The molecule has 0 unspecified atom stereocenters. The number of hydrogen-bond donors (Lipinski definition) is 2. The van der Waals surface area contributed by atoms with Gasteiger partial charge in [-0.15, -0.1) is 0 Å². The summed E-state index contributed by atoms with van der Waals surface area (Å²) in [6, 6.07) is 7.17. The Hall–Kier alpha value is -2.08. The van der Waals surface area contributed by atoms with Crippen LogP contribution >= 0.6 is 0 Å². The van der Waals surface area contributed by atoms with E-state index in [1.54, 1.807) is 19.1 Å². The lowest BCUT2D eigenvalue weighted by Crippen LogP contribution is -2.31. The third-order valence-electron chi connectivity index (χ3n) is 3.02. The van der Waals surface area contributed by atoms with Gasteiger partial charge in [-0.25, -0.2) is 4.79 Å². The summed E-state index contributed by atoms with van der Waals surface area (Å²) in [5.41, 5.74) is 1.59. The van der Waals surface area contributed by atoms with Crippen molar-refractivity contribution in [3.8, 4) is 0 Å². The van der Waals surface area contributed by atoms with Crippen molar-refractivity contribution >= 4 is 17.6 Å². The van der Waals surface area contributed by atoms with Gasteiger partial charge in [0.05, 0.1) is 0 Å². The van der Waals surface area contributed by atoms with Crippen LogP contribution in [0.4, 0.5) is 10.5 Å². The average Bonchev–Trinajstić information content (AvgIpc) is 2.45. The number of benzene rings is 1. The molecule has 0 aliphatic heterocycles. The highest BCUT2D eigenvalue weighted by atomic mass is 16.5. The maximum absolute atomic E-state index is 11.8. The number of para-hydroxylation sites is 1. The smallest absolute Gasteiger partial charge is 0.319 e. The van der Waals surface area contributed by atoms with Gasteiger partial charge in [-0.3, -0.25) is 4.79 Å². The lowest BCUT2D eigenvalue weighted by atomic mass is 10.1. The molecule has 1 rings (SSSR count). The molecule has 0 radical (unpaired) electrons. The van der Waals surface area contributed by atoms with Gasteiger partial charge in [0.25, 0.3) is 0 Å². The Labute approximate surface area is 125 Å². The van der Waals surface area contributed by atoms with Crippen LogP contribution in [0.25, 0.3) is 0 Å². The SMILES string of the molecule is COCCCNC(=O)Nc1ccccc1CN(C)C(C)=O. The topological polar surface area (TPSA) is 70.7 Å². The number of carbonyl (C=O) groups is 2. The second kappa shape index (κ2) is 8.97. The molecule has 0 bridgehead atoms. The summed E-state index contributed by atoms with van der Waals surface area (Å²) in [5, 5.41) is 5.56. The Balaban J connectivity index is 2.58. The first-order chi connectivity index (χ1) is 10.0. The van der Waals surface area contributed by atoms with Gasteiger partial charge in [0.1, 0.15) is 0 Å². The van der Waals surface area contributed by atoms with E-state index in [-0.39, 0.29) is 11.9 Å². The molecule has 0 atom stereocenters. The Morgan fingerprint density at radius 2 is 2.00 bits per heavy atom. The fourth-order valence-corrected chi connectivity index (χ4v) is 1.73. The molecule has 1 aromatic carbocycles. The van der Waals surface area contributed by atoms with Crippen molar-refractivity contribution < 1.29 is 14.3 Å². The number of nitrogens with one attached hydrogen (secondary N) is 2. The number of methoxy groups -OCH3 is 1. The third kappa shape index (κ3) is 6.27. The minimum atomic E-state index is -0.260. The molecule has 0 saturated carbocycles. The van der Waals surface area contributed by atoms with Gasteiger partial charge in [-0.1, -0.05) is 18.2 Å². The summed E-state index contributed by atoms with van der Waals surface area (Å²) < 4.78 is 4.92. The summed E-state index contributed by atoms with van der Waals surface area (Å²) in [7, 11) is 3.35. The van der Waals surface area contributed by atoms with E-state index < -0.39 is 0 Å². The van der Waals surface area contributed by atoms with Crippen molar-refractivity contribution in [2.24, 2.45) is 0 Å². The zero-order valence-corrected chi connectivity index (χ0v) is 12.8. The van der Waals surface area contributed by atoms with E-state index in [0.717, 1.165) is 12.0 Å². The third-order valence-corrected chi connectivity index (χ3v) is 3.02. The van der Waals surface area contributed by atoms with Gasteiger partial charge in [0, 0.05) is 46.5 Å². The van der Waals surface area contributed by atoms with E-state index in [1.807, 2.05) is 24.3 Å². The maximum atomic E-state index is 11.8. The highest BCUT2D eigenvalue weighted by molar-refractivity contribution is 5.90. The molecule has 0 aliphatic rings. The Kier molecular flexibility index (Phi) is 7.25. The Morgan fingerprint density at radius 3 is 2.67 bits per heavy atom. The fourth-order valence-electron chi connectivity index (χ4n) is 1.73. The lowest BCUT2D eigenvalue weighted by Gasteiger charge is -2.18. The molecule has 6 heteroatoms. The molecule has 0 aromatic heterocycles. The predicted octanol–water partition coefficient (Wildman–Crippen LogP) is 1.82. The summed E-state index contributed by atoms with van der Waals surface area (Å²) in [5.74, 6) is -0.0196. The molecular formula is C15H23N3O3. The monoisotopic (exact) mass is 293 g/mol. The first-order valence-electron chi connectivity index (χ1n) is 6.88. The largest absolute Gasteiger partial charge is 0.385 e. The van der Waals surface area contributed by atoms with Crippen molar-refractivity contribution in [3.05, 3.63) is 29.8 Å². The first kappa shape index (κ1) is 17.0. The van der Waals surface area contributed by atoms with Crippen LogP contribution in [0.2, 0.25) is 0 Å². The Morgan fingerprint density at radius 1 is 1.29 bits per heavy atom. The van der Waals surface area contributed by atoms with Crippen LogP contribution in [0.3, 0.4) is 0 Å². The number of hydrogen-bond acceptors (Lipinski definition) is 3. The van der Waals surface area contributed by atoms with Crippen molar-refractivity contribution in [2.45, 2.75) is 19.9 Å². The van der Waals surface area contributed by atoms with Crippen LogP contribution in [0.5, 0.6) is 0 Å². The van der Waals surface area contributed by atoms with Crippen molar-refractivity contribution in [3.63, 3.8) is 0 Å². The molecule has 2 N–H and O–H groups in total. The summed E-state index contributed by atoms with van der Waals surface area (Å²) in [6.45, 7) is 3.13. The second-order valence-electron chi connectivity index (χ2n) is 4.76. The van der Waals surface area contributed by atoms with Crippen molar-refractivity contribution in [1.29, 1.82) is 0 Å². The average molecular weight is 293 g/mol. The molecule has 6 nitrogen and oxygen atoms in total. The van der Waals surface area contributed by atoms with E-state index in [0.29, 0.717) is 25.4 Å². The van der Waals surface area contributed by atoms with E-state index in [9.17, 15) is 9.59 Å². The van der Waals surface area contributed by atoms with Crippen LogP contribution in [0.1, 0.15) is 18.9 Å². The predicted molar refractivity (Wildman–Crippen MR) is 82.1 cm³/mol. The molecule has 0 saturated heterocycles. The number of carbonyl (C=O) groups excluding carboxylic acids is 2. The minimum Gasteiger partial charge on any atom is -0.385 e. The van der Waals surface area contributed by atoms with E-state index in [4.69, 9.17) is 4.74 Å². The van der Waals surface area contributed by atoms with Crippen LogP contribution in [0.15, 0.2) is 24.3 Å². The van der Waals surface area contributed by atoms with Gasteiger partial charge in [-0.05, 0) is 18.1 Å². The molecule has 116 valence electrons. The fraction of sp³-hybridized carbons (Fsp3) is 0.467. The normalized spacial score (nSPS) is 10.0. The van der Waals surface area contributed by atoms with Crippen LogP contribution < -0.4 is 10.6 Å². The van der Waals surface area contributed by atoms with Gasteiger partial charge < -0.3 is 20.3 Å². The molecule has 3 amide bonds. The summed E-state index contributed by atoms with van der Waals surface area (Å²) in [4.78, 5) is 24.7. The minimum absolute atomic E-state index is 0.0196. The molecule has 0 fully saturated rings. The summed E-state index contributed by atoms with van der Waals surface area (Å²) >= 11 is 0. The first-order valence-corrected chi connectivity index (χ1v) is 6.88. The number of nitrogens with zero attached hydrogens (tertiary/aromatic N) is 1. The van der Waals surface area contributed by atoms with E-state index in [2.05, 4.69) is 10.6 Å². The standard InChI is InChI=1S/C15H23N3O3/c1-12(19)18(2)11-13-7-4-5-8-14(13)17-15(20)16-9-6-10-21-3/h4-5,7-8H,6,9-11H2,1-3H3,(H2,16,17,20). The van der Waals surface area contributed by atoms with E-state index in [1.165, 1.54) is 6.92 Å². The number of anilines is 1. The highest BCUT2D eigenvalue weighted by Gasteiger charge is 2.09. The second-order valence-corrected chi connectivity index (χ2v) is 4.76. The van der Waals surface area contributed by atoms with Gasteiger partial charge >= 0.3 is 6.03 Å². The van der Waals surface area contributed by atoms with Crippen LogP contribution in [0, 0.1) is 0 Å². The number of rotatable bonds is 7. The zero-order chi connectivity index (χ0) is 15.7. The molecule has 0 heterocycles. The van der Waals surface area contributed by atoms with Gasteiger partial charge in [-0.2, -0.15) is 0 Å². The molecule has 1 aromatic rings. The van der Waals surface area contributed by atoms with E-state index >= 15 is 0 Å². The number of urea groups is 1. The van der Waals surface area contributed by atoms with Crippen LogP contribution in [-0.4, -0.2) is 44.1 Å². The number of amides is 3. The maximum Gasteiger partial charge on any atom is 0.319 e. The van der Waals surface area contributed by atoms with Crippen LogP contribution in [-0.2, 0) is 16.1 Å². The van der Waals surface area contributed by atoms with Crippen molar-refractivity contribution in [2.75, 3.05) is 32.6 Å². The molecular weight excluding hydrogens is 270 g/mol. The zero-order valence-electron chi connectivity index (χ0n) is 12.8. The summed E-state index contributed by atoms with van der Waals surface area (Å²) in [6.07, 6.45) is 0.763. The van der Waals surface area contributed by atoms with Crippen molar-refractivity contribution in [1.82, 2.24) is 10.2 Å². The number of ether oxygens (including phenoxy) is 1.